The predicted molar refractivity (Wildman–Crippen MR) is 204 cm³/mol. The SMILES string of the molecule is N=C(/N=C(\N=C\c1cccc2oc3cccc(C4C=CC=CC4)c3c12)c1ccc(-c2ccc(-c3ccccc3)cc2)cc1)c1ccccc1. The van der Waals surface area contributed by atoms with Gasteiger partial charge in [0, 0.05) is 39.6 Å². The monoisotopic (exact) mass is 631 g/mol. The lowest BCUT2D eigenvalue weighted by Gasteiger charge is -2.14. The van der Waals surface area contributed by atoms with E-state index in [1.54, 1.807) is 0 Å². The summed E-state index contributed by atoms with van der Waals surface area (Å²) >= 11 is 0. The van der Waals surface area contributed by atoms with Gasteiger partial charge in [0.25, 0.3) is 0 Å². The fourth-order valence-electron chi connectivity index (χ4n) is 6.51. The molecule has 8 rings (SSSR count). The van der Waals surface area contributed by atoms with Crippen molar-refractivity contribution in [2.24, 2.45) is 9.98 Å². The van der Waals surface area contributed by atoms with E-state index in [0.29, 0.717) is 5.84 Å². The quantitative estimate of drug-likeness (QED) is 0.144. The van der Waals surface area contributed by atoms with Crippen LogP contribution < -0.4 is 0 Å². The van der Waals surface area contributed by atoms with Crippen LogP contribution in [0.1, 0.15) is 34.6 Å². The fourth-order valence-corrected chi connectivity index (χ4v) is 6.51. The molecule has 1 aliphatic rings. The van der Waals surface area contributed by atoms with Gasteiger partial charge in [-0.25, -0.2) is 9.98 Å². The summed E-state index contributed by atoms with van der Waals surface area (Å²) in [4.78, 5) is 9.74. The van der Waals surface area contributed by atoms with Crippen LogP contribution in [0.2, 0.25) is 0 Å². The Morgan fingerprint density at radius 1 is 0.592 bits per heavy atom. The first-order valence-electron chi connectivity index (χ1n) is 16.5. The molecule has 0 radical (unpaired) electrons. The standard InChI is InChI=1S/C45H33N3O/c46-44(36-16-8-3-9-17-36)48-45(37-28-26-34(27-29-37)33-24-22-32(23-25-33)31-12-4-1-5-13-31)47-30-38-18-10-20-40-42(38)43-39(19-11-21-41(43)49-40)35-14-6-2-7-15-35/h1-14,16-30,35,46H,15H2/b46-44?,47-30+,48-45-. The maximum atomic E-state index is 8.83. The molecule has 0 amide bonds. The molecule has 234 valence electrons. The third-order valence-electron chi connectivity index (χ3n) is 9.03. The molecule has 1 heterocycles. The summed E-state index contributed by atoms with van der Waals surface area (Å²) in [5, 5.41) is 11.0. The van der Waals surface area contributed by atoms with Crippen molar-refractivity contribution >= 4 is 39.8 Å². The van der Waals surface area contributed by atoms with Crippen molar-refractivity contribution in [3.63, 3.8) is 0 Å². The number of nitrogens with zero attached hydrogens (tertiary/aromatic N) is 2. The molecule has 0 aliphatic heterocycles. The first-order valence-corrected chi connectivity index (χ1v) is 16.5. The Kier molecular flexibility index (Phi) is 8.19. The van der Waals surface area contributed by atoms with E-state index in [-0.39, 0.29) is 11.8 Å². The molecule has 7 aromatic rings. The molecule has 1 aliphatic carbocycles. The average Bonchev–Trinajstić information content (AvgIpc) is 3.57. The molecule has 1 N–H and O–H groups in total. The topological polar surface area (TPSA) is 61.7 Å². The lowest BCUT2D eigenvalue weighted by Crippen LogP contribution is -2.04. The Balaban J connectivity index is 1.17. The van der Waals surface area contributed by atoms with E-state index in [2.05, 4.69) is 103 Å². The van der Waals surface area contributed by atoms with Crippen LogP contribution in [0.3, 0.4) is 0 Å². The zero-order valence-electron chi connectivity index (χ0n) is 26.8. The Bertz CT molecular complexity index is 2400. The number of fused-ring (bicyclic) bond motifs is 3. The number of furan rings is 1. The Morgan fingerprint density at radius 3 is 1.88 bits per heavy atom. The van der Waals surface area contributed by atoms with Crippen molar-refractivity contribution in [3.8, 4) is 22.3 Å². The van der Waals surface area contributed by atoms with Gasteiger partial charge in [-0.2, -0.15) is 0 Å². The van der Waals surface area contributed by atoms with E-state index < -0.39 is 0 Å². The highest BCUT2D eigenvalue weighted by Gasteiger charge is 2.19. The third-order valence-corrected chi connectivity index (χ3v) is 9.03. The number of aliphatic imine (C=N–C) groups is 2. The molecule has 0 saturated heterocycles. The van der Waals surface area contributed by atoms with Crippen molar-refractivity contribution in [3.05, 3.63) is 192 Å². The first kappa shape index (κ1) is 30.0. The Morgan fingerprint density at radius 2 is 1.20 bits per heavy atom. The number of rotatable bonds is 6. The van der Waals surface area contributed by atoms with Crippen molar-refractivity contribution in [2.45, 2.75) is 12.3 Å². The van der Waals surface area contributed by atoms with E-state index in [1.807, 2.05) is 72.9 Å². The highest BCUT2D eigenvalue weighted by molar-refractivity contribution is 6.18. The van der Waals surface area contributed by atoms with E-state index in [4.69, 9.17) is 19.8 Å². The molecular weight excluding hydrogens is 599 g/mol. The molecule has 1 unspecified atom stereocenters. The molecule has 49 heavy (non-hydrogen) atoms. The van der Waals surface area contributed by atoms with E-state index in [0.717, 1.165) is 56.2 Å². The van der Waals surface area contributed by atoms with Crippen molar-refractivity contribution < 1.29 is 4.42 Å². The predicted octanol–water partition coefficient (Wildman–Crippen LogP) is 11.4. The van der Waals surface area contributed by atoms with Crippen molar-refractivity contribution in [1.29, 1.82) is 5.41 Å². The Labute approximate surface area is 285 Å². The first-order chi connectivity index (χ1) is 24.2. The fraction of sp³-hybridized carbons (Fsp3) is 0.0444. The molecule has 0 spiro atoms. The molecule has 1 atom stereocenters. The summed E-state index contributed by atoms with van der Waals surface area (Å²) in [5.74, 6) is 0.890. The van der Waals surface area contributed by atoms with Crippen LogP contribution in [0, 0.1) is 5.41 Å². The largest absolute Gasteiger partial charge is 0.456 e. The molecule has 1 aromatic heterocycles. The van der Waals surface area contributed by atoms with Crippen LogP contribution in [0.15, 0.2) is 184 Å². The van der Waals surface area contributed by atoms with Crippen LogP contribution in [0.4, 0.5) is 0 Å². The van der Waals surface area contributed by atoms with Crippen molar-refractivity contribution in [1.82, 2.24) is 0 Å². The second-order valence-electron chi connectivity index (χ2n) is 12.1. The van der Waals surface area contributed by atoms with Crippen LogP contribution in [-0.4, -0.2) is 17.9 Å². The molecule has 4 nitrogen and oxygen atoms in total. The second-order valence-corrected chi connectivity index (χ2v) is 12.1. The lowest BCUT2D eigenvalue weighted by atomic mass is 9.89. The summed E-state index contributed by atoms with van der Waals surface area (Å²) in [5.41, 5.74) is 10.0. The van der Waals surface area contributed by atoms with Gasteiger partial charge in [0.1, 0.15) is 11.2 Å². The third kappa shape index (κ3) is 6.20. The van der Waals surface area contributed by atoms with Gasteiger partial charge >= 0.3 is 0 Å². The van der Waals surface area contributed by atoms with Gasteiger partial charge in [-0.15, -0.1) is 0 Å². The van der Waals surface area contributed by atoms with Crippen molar-refractivity contribution in [2.75, 3.05) is 0 Å². The highest BCUT2D eigenvalue weighted by Crippen LogP contribution is 2.38. The van der Waals surface area contributed by atoms with Gasteiger partial charge in [-0.05, 0) is 46.4 Å². The van der Waals surface area contributed by atoms with Gasteiger partial charge in [0.05, 0.1) is 0 Å². The lowest BCUT2D eigenvalue weighted by molar-refractivity contribution is 0.668. The van der Waals surface area contributed by atoms with Crippen LogP contribution in [0.5, 0.6) is 0 Å². The zero-order valence-corrected chi connectivity index (χ0v) is 26.8. The maximum absolute atomic E-state index is 8.83. The molecule has 4 heteroatoms. The summed E-state index contributed by atoms with van der Waals surface area (Å²) in [6.07, 6.45) is 11.5. The summed E-state index contributed by atoms with van der Waals surface area (Å²) < 4.78 is 6.36. The van der Waals surface area contributed by atoms with E-state index in [9.17, 15) is 0 Å². The van der Waals surface area contributed by atoms with Gasteiger partial charge in [0.15, 0.2) is 11.7 Å². The van der Waals surface area contributed by atoms with Gasteiger partial charge < -0.3 is 4.42 Å². The summed E-state index contributed by atoms with van der Waals surface area (Å²) in [7, 11) is 0. The van der Waals surface area contributed by atoms with Gasteiger partial charge in [-0.3, -0.25) is 5.41 Å². The highest BCUT2D eigenvalue weighted by atomic mass is 16.3. The number of amidine groups is 2. The second kappa shape index (κ2) is 13.4. The number of allylic oxidation sites excluding steroid dienone is 4. The van der Waals surface area contributed by atoms with Crippen LogP contribution in [0.25, 0.3) is 44.2 Å². The van der Waals surface area contributed by atoms with Gasteiger partial charge in [-0.1, -0.05) is 158 Å². The molecule has 0 saturated carbocycles. The van der Waals surface area contributed by atoms with Crippen LogP contribution in [-0.2, 0) is 0 Å². The van der Waals surface area contributed by atoms with E-state index >= 15 is 0 Å². The molecule has 0 fully saturated rings. The summed E-state index contributed by atoms with van der Waals surface area (Å²) in [6.45, 7) is 0. The molecular formula is C45H33N3O. The van der Waals surface area contributed by atoms with Gasteiger partial charge in [0.2, 0.25) is 0 Å². The smallest absolute Gasteiger partial charge is 0.161 e. The number of nitrogens with one attached hydrogen (secondary N) is 1. The average molecular weight is 632 g/mol. The summed E-state index contributed by atoms with van der Waals surface area (Å²) in [6, 6.07) is 49.2. The minimum absolute atomic E-state index is 0.153. The normalized spacial score (nSPS) is 14.6. The molecule has 6 aromatic carbocycles. The van der Waals surface area contributed by atoms with Crippen LogP contribution >= 0.6 is 0 Å². The minimum Gasteiger partial charge on any atom is -0.456 e. The Hall–Kier alpha value is -6.39. The van der Waals surface area contributed by atoms with E-state index in [1.165, 1.54) is 16.7 Å². The minimum atomic E-state index is 0.153. The maximum Gasteiger partial charge on any atom is 0.161 e. The zero-order chi connectivity index (χ0) is 33.0. The molecule has 0 bridgehead atoms. The number of hydrogen-bond donors (Lipinski definition) is 1. The number of hydrogen-bond acceptors (Lipinski definition) is 2. The number of benzene rings is 6.